The van der Waals surface area contributed by atoms with Gasteiger partial charge in [-0.25, -0.2) is 8.42 Å². The van der Waals surface area contributed by atoms with Crippen molar-refractivity contribution in [2.24, 2.45) is 0 Å². The Hall–Kier alpha value is -0.850. The molecule has 1 aromatic rings. The maximum absolute atomic E-state index is 11.4. The molecule has 2 atom stereocenters. The van der Waals surface area contributed by atoms with Crippen molar-refractivity contribution in [3.63, 3.8) is 0 Å². The molecular weight excluding hydrogens is 292 g/mol. The number of sulfone groups is 1. The zero-order chi connectivity index (χ0) is 13.2. The zero-order valence-electron chi connectivity index (χ0n) is 9.47. The van der Waals surface area contributed by atoms with Crippen molar-refractivity contribution in [1.82, 2.24) is 5.32 Å². The van der Waals surface area contributed by atoms with Crippen LogP contribution in [0.2, 0.25) is 0 Å². The average molecular weight is 305 g/mol. The highest BCUT2D eigenvalue weighted by Crippen LogP contribution is 2.18. The second kappa shape index (κ2) is 5.42. The van der Waals surface area contributed by atoms with Crippen molar-refractivity contribution < 1.29 is 8.42 Å². The van der Waals surface area contributed by atoms with Gasteiger partial charge in [0.15, 0.2) is 14.9 Å². The lowest BCUT2D eigenvalue weighted by Crippen LogP contribution is -2.42. The van der Waals surface area contributed by atoms with Gasteiger partial charge in [0.05, 0.1) is 22.9 Å². The maximum atomic E-state index is 11.4. The number of halogens is 1. The van der Waals surface area contributed by atoms with Gasteiger partial charge in [-0.15, -0.1) is 11.6 Å². The summed E-state index contributed by atoms with van der Waals surface area (Å²) in [4.78, 5) is 0. The summed E-state index contributed by atoms with van der Waals surface area (Å²) in [6.07, 6.45) is 0. The van der Waals surface area contributed by atoms with Crippen molar-refractivity contribution in [2.75, 3.05) is 16.8 Å². The molecule has 18 heavy (non-hydrogen) atoms. The summed E-state index contributed by atoms with van der Waals surface area (Å²) in [5, 5.41) is 5.87. The molecule has 98 valence electrons. The van der Waals surface area contributed by atoms with Gasteiger partial charge in [0.2, 0.25) is 0 Å². The molecule has 1 aliphatic rings. The fourth-order valence-electron chi connectivity index (χ4n) is 1.79. The molecule has 1 fully saturated rings. The van der Waals surface area contributed by atoms with Gasteiger partial charge in [-0.1, -0.05) is 18.2 Å². The lowest BCUT2D eigenvalue weighted by atomic mass is 10.2. The third-order valence-electron chi connectivity index (χ3n) is 2.63. The van der Waals surface area contributed by atoms with E-state index in [-0.39, 0.29) is 17.5 Å². The third kappa shape index (κ3) is 3.57. The van der Waals surface area contributed by atoms with Crippen LogP contribution in [-0.4, -0.2) is 36.5 Å². The highest BCUT2D eigenvalue weighted by atomic mass is 35.5. The first kappa shape index (κ1) is 13.6. The molecule has 1 saturated heterocycles. The normalized spacial score (nSPS) is 25.6. The quantitative estimate of drug-likeness (QED) is 0.638. The summed E-state index contributed by atoms with van der Waals surface area (Å²) in [7, 11) is -3.04. The summed E-state index contributed by atoms with van der Waals surface area (Å²) < 4.78 is 22.8. The number of anilines is 1. The highest BCUT2D eigenvalue weighted by molar-refractivity contribution is 7.91. The number of alkyl halides is 1. The zero-order valence-corrected chi connectivity index (χ0v) is 11.9. The molecule has 1 aromatic carbocycles. The second-order valence-electron chi connectivity index (χ2n) is 4.16. The molecule has 1 aliphatic heterocycles. The molecule has 2 unspecified atom stereocenters. The largest absolute Gasteiger partial charge is 0.357 e. The first-order valence-corrected chi connectivity index (χ1v) is 8.10. The molecule has 2 rings (SSSR count). The second-order valence-corrected chi connectivity index (χ2v) is 7.29. The van der Waals surface area contributed by atoms with Crippen LogP contribution in [0.3, 0.4) is 0 Å². The summed E-state index contributed by atoms with van der Waals surface area (Å²) >= 11 is 11.1. The van der Waals surface area contributed by atoms with Gasteiger partial charge in [-0.3, -0.25) is 0 Å². The molecule has 4 nitrogen and oxygen atoms in total. The van der Waals surface area contributed by atoms with Crippen molar-refractivity contribution in [3.05, 3.63) is 30.3 Å². The Balaban J connectivity index is 1.93. The number of hydrogen-bond donors (Lipinski definition) is 2. The van der Waals surface area contributed by atoms with Crippen LogP contribution in [0.4, 0.5) is 5.69 Å². The number of para-hydroxylation sites is 1. The molecule has 0 amide bonds. The lowest BCUT2D eigenvalue weighted by molar-refractivity contribution is 0.600. The lowest BCUT2D eigenvalue weighted by Gasteiger charge is -2.17. The number of hydrogen-bond acceptors (Lipinski definition) is 3. The van der Waals surface area contributed by atoms with Crippen molar-refractivity contribution in [1.29, 1.82) is 0 Å². The number of rotatable bonds is 2. The van der Waals surface area contributed by atoms with Gasteiger partial charge in [-0.05, 0) is 24.4 Å². The van der Waals surface area contributed by atoms with E-state index < -0.39 is 15.2 Å². The predicted octanol–water partition coefficient (Wildman–Crippen LogP) is 1.38. The molecule has 0 bridgehead atoms. The van der Waals surface area contributed by atoms with Crippen molar-refractivity contribution in [3.8, 4) is 0 Å². The van der Waals surface area contributed by atoms with E-state index in [0.717, 1.165) is 5.69 Å². The Labute approximate surface area is 117 Å². The minimum absolute atomic E-state index is 0.000171. The monoisotopic (exact) mass is 304 g/mol. The van der Waals surface area contributed by atoms with Crippen molar-refractivity contribution >= 4 is 44.5 Å². The summed E-state index contributed by atoms with van der Waals surface area (Å²) in [5.41, 5.74) is 0.849. The molecule has 1 heterocycles. The Morgan fingerprint density at radius 3 is 2.50 bits per heavy atom. The van der Waals surface area contributed by atoms with Crippen LogP contribution >= 0.6 is 23.8 Å². The first-order chi connectivity index (χ1) is 8.46. The van der Waals surface area contributed by atoms with Crippen LogP contribution in [0.25, 0.3) is 0 Å². The van der Waals surface area contributed by atoms with Crippen LogP contribution in [0.15, 0.2) is 30.3 Å². The highest BCUT2D eigenvalue weighted by Gasteiger charge is 2.36. The van der Waals surface area contributed by atoms with Crippen LogP contribution < -0.4 is 10.6 Å². The van der Waals surface area contributed by atoms with Gasteiger partial charge < -0.3 is 10.6 Å². The minimum Gasteiger partial charge on any atom is -0.357 e. The summed E-state index contributed by atoms with van der Waals surface area (Å²) in [6.45, 7) is 0. The smallest absolute Gasteiger partial charge is 0.171 e. The van der Waals surface area contributed by atoms with E-state index in [1.54, 1.807) is 0 Å². The first-order valence-electron chi connectivity index (χ1n) is 5.43. The molecule has 0 saturated carbocycles. The van der Waals surface area contributed by atoms with E-state index in [0.29, 0.717) is 5.11 Å². The van der Waals surface area contributed by atoms with Crippen LogP contribution in [0, 0.1) is 0 Å². The van der Waals surface area contributed by atoms with E-state index in [1.165, 1.54) is 0 Å². The van der Waals surface area contributed by atoms with E-state index >= 15 is 0 Å². The molecule has 0 aromatic heterocycles. The third-order valence-corrected chi connectivity index (χ3v) is 5.23. The van der Waals surface area contributed by atoms with Crippen LogP contribution in [-0.2, 0) is 9.84 Å². The minimum atomic E-state index is -3.04. The van der Waals surface area contributed by atoms with Gasteiger partial charge in [0.1, 0.15) is 0 Å². The summed E-state index contributed by atoms with van der Waals surface area (Å²) in [5.74, 6) is 0.0257. The van der Waals surface area contributed by atoms with E-state index in [4.69, 9.17) is 23.8 Å². The number of thiocarbonyl (C=S) groups is 1. The average Bonchev–Trinajstić information content (AvgIpc) is 2.53. The Morgan fingerprint density at radius 2 is 1.94 bits per heavy atom. The molecule has 2 N–H and O–H groups in total. The Kier molecular flexibility index (Phi) is 4.09. The topological polar surface area (TPSA) is 58.2 Å². The van der Waals surface area contributed by atoms with Gasteiger partial charge >= 0.3 is 0 Å². The molecule has 0 spiro atoms. The molecule has 7 heteroatoms. The standard InChI is InChI=1S/C11H13ClN2O2S2/c12-9-6-18(15,16)7-10(9)14-11(17)13-8-4-2-1-3-5-8/h1-5,9-10H,6-7H2,(H2,13,14,17). The van der Waals surface area contributed by atoms with Gasteiger partial charge in [0.25, 0.3) is 0 Å². The fraction of sp³-hybridized carbons (Fsp3) is 0.364. The summed E-state index contributed by atoms with van der Waals surface area (Å²) in [6, 6.07) is 9.08. The van der Waals surface area contributed by atoms with E-state index in [2.05, 4.69) is 10.6 Å². The Bertz CT molecular complexity index is 533. The van der Waals surface area contributed by atoms with Crippen LogP contribution in [0.1, 0.15) is 0 Å². The number of nitrogens with one attached hydrogen (secondary N) is 2. The fourth-order valence-corrected chi connectivity index (χ4v) is 4.61. The maximum Gasteiger partial charge on any atom is 0.171 e. The van der Waals surface area contributed by atoms with E-state index in [9.17, 15) is 8.42 Å². The van der Waals surface area contributed by atoms with Crippen LogP contribution in [0.5, 0.6) is 0 Å². The van der Waals surface area contributed by atoms with Gasteiger partial charge in [0, 0.05) is 5.69 Å². The molecular formula is C11H13ClN2O2S2. The SMILES string of the molecule is O=S1(=O)CC(Cl)C(NC(=S)Nc2ccccc2)C1. The van der Waals surface area contributed by atoms with E-state index in [1.807, 2.05) is 30.3 Å². The number of benzene rings is 1. The molecule has 0 aliphatic carbocycles. The Morgan fingerprint density at radius 1 is 1.28 bits per heavy atom. The van der Waals surface area contributed by atoms with Crippen molar-refractivity contribution in [2.45, 2.75) is 11.4 Å². The predicted molar refractivity (Wildman–Crippen MR) is 77.9 cm³/mol. The molecule has 0 radical (unpaired) electrons. The van der Waals surface area contributed by atoms with Gasteiger partial charge in [-0.2, -0.15) is 0 Å².